The predicted molar refractivity (Wildman–Crippen MR) is 126 cm³/mol. The number of hydrogen-bond acceptors (Lipinski definition) is 6. The maximum Gasteiger partial charge on any atom is 0.256 e. The number of piperazine rings is 1. The molecule has 2 saturated heterocycles. The van der Waals surface area contributed by atoms with Gasteiger partial charge in [0.2, 0.25) is 0 Å². The van der Waals surface area contributed by atoms with Gasteiger partial charge in [0.15, 0.2) is 0 Å². The van der Waals surface area contributed by atoms with Gasteiger partial charge in [0.1, 0.15) is 11.6 Å². The van der Waals surface area contributed by atoms with Crippen LogP contribution in [0.5, 0.6) is 5.75 Å². The van der Waals surface area contributed by atoms with Crippen LogP contribution in [0.4, 0.5) is 11.5 Å². The molecule has 2 aromatic carbocycles. The maximum atomic E-state index is 13.5. The summed E-state index contributed by atoms with van der Waals surface area (Å²) in [4.78, 5) is 24.7. The molecule has 2 fully saturated rings. The van der Waals surface area contributed by atoms with Gasteiger partial charge in [-0.1, -0.05) is 30.3 Å². The van der Waals surface area contributed by atoms with Crippen molar-refractivity contribution in [1.82, 2.24) is 9.88 Å². The quantitative estimate of drug-likeness (QED) is 0.632. The lowest BCUT2D eigenvalue weighted by molar-refractivity contribution is 0.0748. The average Bonchev–Trinajstić information content (AvgIpc) is 2.88. The molecule has 1 amide bonds. The number of carbonyl (C=O) groups excluding carboxylic acids is 1. The Morgan fingerprint density at radius 2 is 1.66 bits per heavy atom. The first-order chi connectivity index (χ1) is 15.7. The van der Waals surface area contributed by atoms with E-state index in [1.807, 2.05) is 41.3 Å². The minimum atomic E-state index is 0.0486. The first-order valence-corrected chi connectivity index (χ1v) is 11.1. The van der Waals surface area contributed by atoms with Crippen molar-refractivity contribution in [3.63, 3.8) is 0 Å². The zero-order valence-corrected chi connectivity index (χ0v) is 18.4. The lowest BCUT2D eigenvalue weighted by atomic mass is 10.0. The van der Waals surface area contributed by atoms with Gasteiger partial charge in [-0.2, -0.15) is 0 Å². The number of ether oxygens (including phenoxy) is 2. The van der Waals surface area contributed by atoms with Crippen molar-refractivity contribution >= 4 is 28.2 Å². The van der Waals surface area contributed by atoms with Crippen LogP contribution in [0.2, 0.25) is 0 Å². The van der Waals surface area contributed by atoms with Gasteiger partial charge >= 0.3 is 0 Å². The molecule has 2 aliphatic heterocycles. The number of pyridine rings is 1. The highest BCUT2D eigenvalue weighted by atomic mass is 16.5. The van der Waals surface area contributed by atoms with Gasteiger partial charge in [0, 0.05) is 62.6 Å². The van der Waals surface area contributed by atoms with E-state index in [9.17, 15) is 4.79 Å². The molecule has 3 aromatic rings. The van der Waals surface area contributed by atoms with Crippen molar-refractivity contribution < 1.29 is 14.3 Å². The summed E-state index contributed by atoms with van der Waals surface area (Å²) < 4.78 is 10.8. The summed E-state index contributed by atoms with van der Waals surface area (Å²) in [5.74, 6) is 1.83. The number of amides is 1. The van der Waals surface area contributed by atoms with Crippen molar-refractivity contribution in [2.75, 3.05) is 69.4 Å². The van der Waals surface area contributed by atoms with Gasteiger partial charge in [-0.25, -0.2) is 4.98 Å². The van der Waals surface area contributed by atoms with Gasteiger partial charge in [0.25, 0.3) is 5.91 Å². The Kier molecular flexibility index (Phi) is 5.81. The standard InChI is InChI=1S/C25H28N4O3/c1-31-20-6-4-5-19(17-20)27-9-11-29(12-10-27)25(30)23-18-26-24(28-13-15-32-16-14-28)22-8-3-2-7-21(22)23/h2-8,17-18H,9-16H2,1H3. The van der Waals surface area contributed by atoms with Crippen molar-refractivity contribution in [3.8, 4) is 5.75 Å². The molecule has 166 valence electrons. The summed E-state index contributed by atoms with van der Waals surface area (Å²) in [6.07, 6.45) is 1.75. The molecule has 7 nitrogen and oxygen atoms in total. The van der Waals surface area contributed by atoms with Gasteiger partial charge in [-0.05, 0) is 17.5 Å². The highest BCUT2D eigenvalue weighted by Gasteiger charge is 2.25. The van der Waals surface area contributed by atoms with Gasteiger partial charge in [-0.15, -0.1) is 0 Å². The number of benzene rings is 2. The molecule has 7 heteroatoms. The Balaban J connectivity index is 1.35. The molecule has 0 N–H and O–H groups in total. The zero-order valence-electron chi connectivity index (χ0n) is 18.4. The summed E-state index contributed by atoms with van der Waals surface area (Å²) in [5.41, 5.74) is 1.80. The van der Waals surface area contributed by atoms with E-state index in [0.29, 0.717) is 31.9 Å². The number of methoxy groups -OCH3 is 1. The molecule has 5 rings (SSSR count). The molecule has 3 heterocycles. The zero-order chi connectivity index (χ0) is 21.9. The van der Waals surface area contributed by atoms with Gasteiger partial charge < -0.3 is 24.2 Å². The predicted octanol–water partition coefficient (Wildman–Crippen LogP) is 3.04. The van der Waals surface area contributed by atoms with Gasteiger partial charge in [-0.3, -0.25) is 4.79 Å². The fourth-order valence-electron chi connectivity index (χ4n) is 4.52. The summed E-state index contributed by atoms with van der Waals surface area (Å²) >= 11 is 0. The van der Waals surface area contributed by atoms with Crippen LogP contribution in [0, 0.1) is 0 Å². The third-order valence-electron chi connectivity index (χ3n) is 6.30. The van der Waals surface area contributed by atoms with Gasteiger partial charge in [0.05, 0.1) is 25.9 Å². The molecular formula is C25H28N4O3. The lowest BCUT2D eigenvalue weighted by Gasteiger charge is -2.36. The third-order valence-corrected chi connectivity index (χ3v) is 6.30. The Hall–Kier alpha value is -3.32. The fraction of sp³-hybridized carbons (Fsp3) is 0.360. The summed E-state index contributed by atoms with van der Waals surface area (Å²) in [6, 6.07) is 16.2. The van der Waals surface area contributed by atoms with Crippen LogP contribution in [0.1, 0.15) is 10.4 Å². The number of fused-ring (bicyclic) bond motifs is 1. The molecular weight excluding hydrogens is 404 g/mol. The number of anilines is 2. The Morgan fingerprint density at radius 3 is 2.41 bits per heavy atom. The highest BCUT2D eigenvalue weighted by Crippen LogP contribution is 2.29. The van der Waals surface area contributed by atoms with E-state index in [2.05, 4.69) is 21.9 Å². The molecule has 0 radical (unpaired) electrons. The monoisotopic (exact) mass is 432 g/mol. The van der Waals surface area contributed by atoms with Crippen LogP contribution in [-0.4, -0.2) is 75.4 Å². The number of morpholine rings is 1. The van der Waals surface area contributed by atoms with Crippen LogP contribution < -0.4 is 14.5 Å². The van der Waals surface area contributed by atoms with Crippen molar-refractivity contribution in [2.45, 2.75) is 0 Å². The highest BCUT2D eigenvalue weighted by molar-refractivity contribution is 6.09. The summed E-state index contributed by atoms with van der Waals surface area (Å²) in [7, 11) is 1.68. The number of carbonyl (C=O) groups is 1. The first kappa shape index (κ1) is 20.6. The van der Waals surface area contributed by atoms with E-state index in [1.165, 1.54) is 0 Å². The number of aromatic nitrogens is 1. The van der Waals surface area contributed by atoms with Crippen LogP contribution in [-0.2, 0) is 4.74 Å². The van der Waals surface area contributed by atoms with Crippen LogP contribution in [0.15, 0.2) is 54.7 Å². The topological polar surface area (TPSA) is 58.1 Å². The second kappa shape index (κ2) is 9.04. The first-order valence-electron chi connectivity index (χ1n) is 11.1. The molecule has 2 aliphatic rings. The smallest absolute Gasteiger partial charge is 0.256 e. The van der Waals surface area contributed by atoms with Crippen molar-refractivity contribution in [3.05, 3.63) is 60.3 Å². The molecule has 0 unspecified atom stereocenters. The Morgan fingerprint density at radius 1 is 0.906 bits per heavy atom. The SMILES string of the molecule is COc1cccc(N2CCN(C(=O)c3cnc(N4CCOCC4)c4ccccc34)CC2)c1. The van der Waals surface area contributed by atoms with Crippen LogP contribution in [0.3, 0.4) is 0 Å². The molecule has 0 atom stereocenters. The van der Waals surface area contributed by atoms with E-state index in [-0.39, 0.29) is 5.91 Å². The van der Waals surface area contributed by atoms with Crippen molar-refractivity contribution in [2.24, 2.45) is 0 Å². The minimum Gasteiger partial charge on any atom is -0.497 e. The minimum absolute atomic E-state index is 0.0486. The largest absolute Gasteiger partial charge is 0.497 e. The van der Waals surface area contributed by atoms with E-state index >= 15 is 0 Å². The molecule has 0 bridgehead atoms. The Labute approximate surface area is 188 Å². The van der Waals surface area contributed by atoms with E-state index < -0.39 is 0 Å². The Bertz CT molecular complexity index is 1110. The summed E-state index contributed by atoms with van der Waals surface area (Å²) in [6.45, 7) is 5.97. The molecule has 0 saturated carbocycles. The van der Waals surface area contributed by atoms with Crippen LogP contribution >= 0.6 is 0 Å². The average molecular weight is 433 g/mol. The lowest BCUT2D eigenvalue weighted by Crippen LogP contribution is -2.48. The second-order valence-corrected chi connectivity index (χ2v) is 8.12. The van der Waals surface area contributed by atoms with E-state index in [0.717, 1.165) is 54.2 Å². The molecule has 32 heavy (non-hydrogen) atoms. The molecule has 1 aromatic heterocycles. The van der Waals surface area contributed by atoms with E-state index in [1.54, 1.807) is 13.3 Å². The second-order valence-electron chi connectivity index (χ2n) is 8.12. The third kappa shape index (κ3) is 3.96. The summed E-state index contributed by atoms with van der Waals surface area (Å²) in [5, 5.41) is 1.99. The van der Waals surface area contributed by atoms with Crippen LogP contribution in [0.25, 0.3) is 10.8 Å². The fourth-order valence-corrected chi connectivity index (χ4v) is 4.52. The number of rotatable bonds is 4. The number of hydrogen-bond donors (Lipinski definition) is 0. The van der Waals surface area contributed by atoms with E-state index in [4.69, 9.17) is 14.5 Å². The van der Waals surface area contributed by atoms with Crippen molar-refractivity contribution in [1.29, 1.82) is 0 Å². The molecule has 0 aliphatic carbocycles. The maximum absolute atomic E-state index is 13.5. The number of nitrogens with zero attached hydrogens (tertiary/aromatic N) is 4. The molecule has 0 spiro atoms. The normalized spacial score (nSPS) is 17.0.